The number of hydrogen-bond acceptors (Lipinski definition) is 1. The van der Waals surface area contributed by atoms with E-state index in [1.165, 1.54) is 6.07 Å². The van der Waals surface area contributed by atoms with Gasteiger partial charge in [0.2, 0.25) is 0 Å². The maximum Gasteiger partial charge on any atom is 0.165 e. The summed E-state index contributed by atoms with van der Waals surface area (Å²) >= 11 is 0. The standard InChI is InChI=1S/C14H13FO/c1-2-16-14-10-12(8-9-13(14)15)11-6-4-3-5-7-11/h3-10H,2H2,1H3. The number of benzene rings is 2. The Kier molecular flexibility index (Phi) is 3.20. The Morgan fingerprint density at radius 2 is 1.75 bits per heavy atom. The number of rotatable bonds is 3. The minimum absolute atomic E-state index is 0.309. The van der Waals surface area contributed by atoms with Crippen molar-refractivity contribution in [2.45, 2.75) is 6.92 Å². The Balaban J connectivity index is 2.40. The van der Waals surface area contributed by atoms with Crippen LogP contribution in [0.5, 0.6) is 5.75 Å². The maximum atomic E-state index is 13.3. The predicted molar refractivity (Wildman–Crippen MR) is 63.0 cm³/mol. The van der Waals surface area contributed by atoms with Crippen molar-refractivity contribution in [2.24, 2.45) is 0 Å². The molecule has 0 spiro atoms. The van der Waals surface area contributed by atoms with Crippen LogP contribution in [0.1, 0.15) is 6.92 Å². The molecule has 0 saturated carbocycles. The Labute approximate surface area is 94.5 Å². The van der Waals surface area contributed by atoms with Gasteiger partial charge in [-0.1, -0.05) is 36.4 Å². The van der Waals surface area contributed by atoms with E-state index in [1.807, 2.05) is 37.3 Å². The lowest BCUT2D eigenvalue weighted by atomic mass is 10.1. The van der Waals surface area contributed by atoms with Crippen LogP contribution in [0.3, 0.4) is 0 Å². The van der Waals surface area contributed by atoms with Crippen LogP contribution in [0, 0.1) is 5.82 Å². The summed E-state index contributed by atoms with van der Waals surface area (Å²) in [6.45, 7) is 2.31. The summed E-state index contributed by atoms with van der Waals surface area (Å²) in [6, 6.07) is 14.8. The van der Waals surface area contributed by atoms with Crippen molar-refractivity contribution in [1.82, 2.24) is 0 Å². The molecular formula is C14H13FO. The average molecular weight is 216 g/mol. The quantitative estimate of drug-likeness (QED) is 0.756. The minimum atomic E-state index is -0.318. The van der Waals surface area contributed by atoms with Crippen LogP contribution in [0.15, 0.2) is 48.5 Å². The molecule has 0 atom stereocenters. The van der Waals surface area contributed by atoms with Crippen molar-refractivity contribution in [3.63, 3.8) is 0 Å². The average Bonchev–Trinajstić information content (AvgIpc) is 2.33. The van der Waals surface area contributed by atoms with Crippen molar-refractivity contribution in [2.75, 3.05) is 6.61 Å². The van der Waals surface area contributed by atoms with Crippen LogP contribution >= 0.6 is 0 Å². The van der Waals surface area contributed by atoms with Gasteiger partial charge >= 0.3 is 0 Å². The first kappa shape index (κ1) is 10.7. The van der Waals surface area contributed by atoms with Crippen LogP contribution in [0.25, 0.3) is 11.1 Å². The highest BCUT2D eigenvalue weighted by atomic mass is 19.1. The van der Waals surface area contributed by atoms with Gasteiger partial charge < -0.3 is 4.74 Å². The number of hydrogen-bond donors (Lipinski definition) is 0. The smallest absolute Gasteiger partial charge is 0.165 e. The summed E-state index contributed by atoms with van der Waals surface area (Å²) in [5.41, 5.74) is 2.02. The first-order valence-electron chi connectivity index (χ1n) is 5.29. The predicted octanol–water partition coefficient (Wildman–Crippen LogP) is 3.89. The summed E-state index contributed by atoms with van der Waals surface area (Å²) in [6.07, 6.45) is 0. The maximum absolute atomic E-state index is 13.3. The van der Waals surface area contributed by atoms with Gasteiger partial charge in [0.15, 0.2) is 11.6 Å². The van der Waals surface area contributed by atoms with E-state index >= 15 is 0 Å². The fourth-order valence-electron chi connectivity index (χ4n) is 1.58. The van der Waals surface area contributed by atoms with Gasteiger partial charge in [-0.3, -0.25) is 0 Å². The van der Waals surface area contributed by atoms with E-state index in [0.717, 1.165) is 11.1 Å². The number of halogens is 1. The molecule has 0 N–H and O–H groups in total. The zero-order valence-corrected chi connectivity index (χ0v) is 9.11. The second kappa shape index (κ2) is 4.79. The Hall–Kier alpha value is -1.83. The Morgan fingerprint density at radius 3 is 2.44 bits per heavy atom. The fourth-order valence-corrected chi connectivity index (χ4v) is 1.58. The molecule has 2 rings (SSSR count). The summed E-state index contributed by atoms with van der Waals surface area (Å²) < 4.78 is 18.6. The molecule has 82 valence electrons. The highest BCUT2D eigenvalue weighted by molar-refractivity contribution is 5.65. The molecule has 0 aliphatic carbocycles. The SMILES string of the molecule is CCOc1cc(-c2ccccc2)ccc1F. The van der Waals surface area contributed by atoms with Gasteiger partial charge in [0.05, 0.1) is 6.61 Å². The van der Waals surface area contributed by atoms with Gasteiger partial charge in [0, 0.05) is 0 Å². The second-order valence-corrected chi connectivity index (χ2v) is 3.44. The van der Waals surface area contributed by atoms with E-state index in [4.69, 9.17) is 4.74 Å². The van der Waals surface area contributed by atoms with E-state index in [1.54, 1.807) is 12.1 Å². The summed E-state index contributed by atoms with van der Waals surface area (Å²) in [7, 11) is 0. The molecule has 0 radical (unpaired) electrons. The third-order valence-electron chi connectivity index (χ3n) is 2.34. The largest absolute Gasteiger partial charge is 0.491 e. The molecule has 0 aromatic heterocycles. The van der Waals surface area contributed by atoms with E-state index in [2.05, 4.69) is 0 Å². The Bertz CT molecular complexity index is 465. The van der Waals surface area contributed by atoms with Crippen molar-refractivity contribution < 1.29 is 9.13 Å². The lowest BCUT2D eigenvalue weighted by Gasteiger charge is -2.07. The molecule has 0 aliphatic heterocycles. The molecule has 16 heavy (non-hydrogen) atoms. The fraction of sp³-hybridized carbons (Fsp3) is 0.143. The highest BCUT2D eigenvalue weighted by Gasteiger charge is 2.05. The molecule has 1 nitrogen and oxygen atoms in total. The van der Waals surface area contributed by atoms with Crippen molar-refractivity contribution in [3.05, 3.63) is 54.3 Å². The van der Waals surface area contributed by atoms with E-state index in [0.29, 0.717) is 12.4 Å². The molecule has 0 aliphatic rings. The van der Waals surface area contributed by atoms with E-state index < -0.39 is 0 Å². The molecule has 2 aromatic rings. The molecule has 2 heteroatoms. The van der Waals surface area contributed by atoms with Crippen molar-refractivity contribution in [3.8, 4) is 16.9 Å². The monoisotopic (exact) mass is 216 g/mol. The van der Waals surface area contributed by atoms with Gasteiger partial charge in [-0.2, -0.15) is 0 Å². The minimum Gasteiger partial charge on any atom is -0.491 e. The van der Waals surface area contributed by atoms with Crippen LogP contribution in [0.4, 0.5) is 4.39 Å². The summed E-state index contributed by atoms with van der Waals surface area (Å²) in [5.74, 6) is -0.00890. The van der Waals surface area contributed by atoms with Crippen LogP contribution in [-0.4, -0.2) is 6.61 Å². The highest BCUT2D eigenvalue weighted by Crippen LogP contribution is 2.26. The van der Waals surface area contributed by atoms with Gasteiger partial charge in [0.1, 0.15) is 0 Å². The lowest BCUT2D eigenvalue weighted by Crippen LogP contribution is -1.94. The van der Waals surface area contributed by atoms with Crippen molar-refractivity contribution in [1.29, 1.82) is 0 Å². The summed E-state index contributed by atoms with van der Waals surface area (Å²) in [4.78, 5) is 0. The zero-order chi connectivity index (χ0) is 11.4. The molecule has 0 saturated heterocycles. The van der Waals surface area contributed by atoms with Crippen LogP contribution in [0.2, 0.25) is 0 Å². The van der Waals surface area contributed by atoms with Crippen molar-refractivity contribution >= 4 is 0 Å². The van der Waals surface area contributed by atoms with Crippen LogP contribution < -0.4 is 4.74 Å². The molecular weight excluding hydrogens is 203 g/mol. The molecule has 0 bridgehead atoms. The molecule has 0 unspecified atom stereocenters. The first-order chi connectivity index (χ1) is 7.81. The molecule has 2 aromatic carbocycles. The zero-order valence-electron chi connectivity index (χ0n) is 9.11. The third kappa shape index (κ3) is 2.22. The van der Waals surface area contributed by atoms with E-state index in [9.17, 15) is 4.39 Å². The number of ether oxygens (including phenoxy) is 1. The van der Waals surface area contributed by atoms with Gasteiger partial charge in [-0.15, -0.1) is 0 Å². The first-order valence-corrected chi connectivity index (χ1v) is 5.29. The second-order valence-electron chi connectivity index (χ2n) is 3.44. The molecule has 0 heterocycles. The third-order valence-corrected chi connectivity index (χ3v) is 2.34. The van der Waals surface area contributed by atoms with Crippen LogP contribution in [-0.2, 0) is 0 Å². The van der Waals surface area contributed by atoms with Gasteiger partial charge in [0.25, 0.3) is 0 Å². The lowest BCUT2D eigenvalue weighted by molar-refractivity contribution is 0.322. The van der Waals surface area contributed by atoms with E-state index in [-0.39, 0.29) is 5.82 Å². The van der Waals surface area contributed by atoms with Gasteiger partial charge in [-0.25, -0.2) is 4.39 Å². The normalized spacial score (nSPS) is 10.1. The summed E-state index contributed by atoms with van der Waals surface area (Å²) in [5, 5.41) is 0. The Morgan fingerprint density at radius 1 is 1.00 bits per heavy atom. The van der Waals surface area contributed by atoms with Gasteiger partial charge in [-0.05, 0) is 30.2 Å². The molecule has 0 fully saturated rings. The topological polar surface area (TPSA) is 9.23 Å². The molecule has 0 amide bonds.